The molecular formula is C13H17N3O. The molecule has 0 aliphatic heterocycles. The van der Waals surface area contributed by atoms with Crippen LogP contribution in [-0.2, 0) is 6.54 Å². The standard InChI is InChI=1S/C13H17N3O/c1-3-7-16-9-11(8-15-16)13(17)12-5-4-6-14-10(12)2/h4-6,8-9,13,17H,3,7H2,1-2H3. The largest absolute Gasteiger partial charge is 0.383 e. The third-order valence-corrected chi connectivity index (χ3v) is 2.76. The summed E-state index contributed by atoms with van der Waals surface area (Å²) in [6.45, 7) is 4.87. The first kappa shape index (κ1) is 11.8. The molecule has 17 heavy (non-hydrogen) atoms. The molecule has 0 amide bonds. The number of nitrogens with zero attached hydrogens (tertiary/aromatic N) is 3. The lowest BCUT2D eigenvalue weighted by Gasteiger charge is -2.10. The third-order valence-electron chi connectivity index (χ3n) is 2.76. The van der Waals surface area contributed by atoms with Crippen molar-refractivity contribution in [2.45, 2.75) is 32.9 Å². The Kier molecular flexibility index (Phi) is 3.54. The van der Waals surface area contributed by atoms with Crippen molar-refractivity contribution in [3.63, 3.8) is 0 Å². The van der Waals surface area contributed by atoms with Crippen LogP contribution in [0.15, 0.2) is 30.7 Å². The van der Waals surface area contributed by atoms with Gasteiger partial charge < -0.3 is 5.11 Å². The number of aliphatic hydroxyl groups is 1. The third kappa shape index (κ3) is 2.53. The summed E-state index contributed by atoms with van der Waals surface area (Å²) in [7, 11) is 0. The number of hydrogen-bond donors (Lipinski definition) is 1. The average molecular weight is 231 g/mol. The molecule has 0 aliphatic rings. The number of aliphatic hydroxyl groups excluding tert-OH is 1. The molecular weight excluding hydrogens is 214 g/mol. The molecule has 0 bridgehead atoms. The summed E-state index contributed by atoms with van der Waals surface area (Å²) in [6, 6.07) is 3.73. The zero-order valence-corrected chi connectivity index (χ0v) is 10.2. The summed E-state index contributed by atoms with van der Waals surface area (Å²) in [5.41, 5.74) is 2.50. The number of aromatic nitrogens is 3. The van der Waals surface area contributed by atoms with E-state index in [2.05, 4.69) is 17.0 Å². The van der Waals surface area contributed by atoms with Crippen LogP contribution in [0.25, 0.3) is 0 Å². The van der Waals surface area contributed by atoms with Gasteiger partial charge in [0.05, 0.1) is 6.20 Å². The molecule has 0 saturated carbocycles. The van der Waals surface area contributed by atoms with Crippen molar-refractivity contribution in [3.05, 3.63) is 47.5 Å². The summed E-state index contributed by atoms with van der Waals surface area (Å²) < 4.78 is 1.85. The van der Waals surface area contributed by atoms with E-state index in [-0.39, 0.29) is 0 Å². The minimum absolute atomic E-state index is 0.644. The number of aryl methyl sites for hydroxylation is 2. The van der Waals surface area contributed by atoms with E-state index in [0.29, 0.717) is 0 Å². The molecule has 1 unspecified atom stereocenters. The predicted molar refractivity (Wildman–Crippen MR) is 65.6 cm³/mol. The van der Waals surface area contributed by atoms with Crippen molar-refractivity contribution in [2.24, 2.45) is 0 Å². The van der Waals surface area contributed by atoms with Crippen LogP contribution in [0, 0.1) is 6.92 Å². The van der Waals surface area contributed by atoms with Crippen molar-refractivity contribution in [1.82, 2.24) is 14.8 Å². The molecule has 0 saturated heterocycles. The van der Waals surface area contributed by atoms with Crippen LogP contribution in [-0.4, -0.2) is 19.9 Å². The van der Waals surface area contributed by atoms with Crippen LogP contribution in [0.2, 0.25) is 0 Å². The maximum absolute atomic E-state index is 10.3. The summed E-state index contributed by atoms with van der Waals surface area (Å²) in [5, 5.41) is 14.5. The molecule has 1 atom stereocenters. The Morgan fingerprint density at radius 3 is 3.00 bits per heavy atom. The highest BCUT2D eigenvalue weighted by Crippen LogP contribution is 2.22. The maximum Gasteiger partial charge on any atom is 0.109 e. The summed E-state index contributed by atoms with van der Waals surface area (Å²) in [6.07, 6.45) is 5.72. The van der Waals surface area contributed by atoms with Crippen LogP contribution in [0.3, 0.4) is 0 Å². The van der Waals surface area contributed by atoms with E-state index in [9.17, 15) is 5.11 Å². The Balaban J connectivity index is 2.24. The molecule has 0 aliphatic carbocycles. The van der Waals surface area contributed by atoms with Gasteiger partial charge in [0.25, 0.3) is 0 Å². The minimum Gasteiger partial charge on any atom is -0.383 e. The van der Waals surface area contributed by atoms with Crippen LogP contribution < -0.4 is 0 Å². The van der Waals surface area contributed by atoms with Gasteiger partial charge in [-0.1, -0.05) is 13.0 Å². The Morgan fingerprint density at radius 2 is 2.29 bits per heavy atom. The van der Waals surface area contributed by atoms with Gasteiger partial charge in [-0.3, -0.25) is 9.67 Å². The van der Waals surface area contributed by atoms with Crippen LogP contribution in [0.1, 0.15) is 36.3 Å². The summed E-state index contributed by atoms with van der Waals surface area (Å²) >= 11 is 0. The predicted octanol–water partition coefficient (Wildman–Crippen LogP) is 2.08. The van der Waals surface area contributed by atoms with Crippen molar-refractivity contribution in [2.75, 3.05) is 0 Å². The van der Waals surface area contributed by atoms with E-state index < -0.39 is 6.10 Å². The first-order chi connectivity index (χ1) is 8.22. The van der Waals surface area contributed by atoms with E-state index in [0.717, 1.165) is 29.8 Å². The van der Waals surface area contributed by atoms with Crippen LogP contribution in [0.4, 0.5) is 0 Å². The second-order valence-electron chi connectivity index (χ2n) is 4.12. The molecule has 0 radical (unpaired) electrons. The number of hydrogen-bond acceptors (Lipinski definition) is 3. The quantitative estimate of drug-likeness (QED) is 0.876. The molecule has 4 heteroatoms. The molecule has 1 N–H and O–H groups in total. The molecule has 90 valence electrons. The van der Waals surface area contributed by atoms with Crippen molar-refractivity contribution >= 4 is 0 Å². The second-order valence-corrected chi connectivity index (χ2v) is 4.12. The van der Waals surface area contributed by atoms with Gasteiger partial charge in [0.15, 0.2) is 0 Å². The Hall–Kier alpha value is -1.68. The number of rotatable bonds is 4. The SMILES string of the molecule is CCCn1cc(C(O)c2cccnc2C)cn1. The first-order valence-corrected chi connectivity index (χ1v) is 5.84. The Bertz CT molecular complexity index is 493. The van der Waals surface area contributed by atoms with Crippen molar-refractivity contribution in [1.29, 1.82) is 0 Å². The van der Waals surface area contributed by atoms with Crippen molar-refractivity contribution in [3.8, 4) is 0 Å². The average Bonchev–Trinajstić information content (AvgIpc) is 2.78. The fourth-order valence-corrected chi connectivity index (χ4v) is 1.84. The fraction of sp³-hybridized carbons (Fsp3) is 0.385. The number of pyridine rings is 1. The van der Waals surface area contributed by atoms with E-state index in [1.54, 1.807) is 12.4 Å². The molecule has 2 heterocycles. The molecule has 0 spiro atoms. The van der Waals surface area contributed by atoms with Gasteiger partial charge in [0.2, 0.25) is 0 Å². The Morgan fingerprint density at radius 1 is 1.47 bits per heavy atom. The van der Waals surface area contributed by atoms with Crippen LogP contribution in [0.5, 0.6) is 0 Å². The zero-order chi connectivity index (χ0) is 12.3. The Labute approximate surface area is 101 Å². The van der Waals surface area contributed by atoms with E-state index in [1.807, 2.05) is 29.9 Å². The first-order valence-electron chi connectivity index (χ1n) is 5.84. The second kappa shape index (κ2) is 5.10. The van der Waals surface area contributed by atoms with Gasteiger partial charge in [0, 0.05) is 35.8 Å². The van der Waals surface area contributed by atoms with Gasteiger partial charge in [-0.15, -0.1) is 0 Å². The van der Waals surface area contributed by atoms with Crippen LogP contribution >= 0.6 is 0 Å². The topological polar surface area (TPSA) is 50.9 Å². The van der Waals surface area contributed by atoms with Gasteiger partial charge in [-0.05, 0) is 19.4 Å². The van der Waals surface area contributed by atoms with Gasteiger partial charge in [-0.25, -0.2) is 0 Å². The van der Waals surface area contributed by atoms with E-state index in [4.69, 9.17) is 0 Å². The monoisotopic (exact) mass is 231 g/mol. The molecule has 4 nitrogen and oxygen atoms in total. The fourth-order valence-electron chi connectivity index (χ4n) is 1.84. The molecule has 2 rings (SSSR count). The highest BCUT2D eigenvalue weighted by atomic mass is 16.3. The van der Waals surface area contributed by atoms with Gasteiger partial charge >= 0.3 is 0 Å². The lowest BCUT2D eigenvalue weighted by molar-refractivity contribution is 0.219. The molecule has 2 aromatic rings. The molecule has 0 fully saturated rings. The maximum atomic E-state index is 10.3. The lowest BCUT2D eigenvalue weighted by Crippen LogP contribution is -2.02. The van der Waals surface area contributed by atoms with Gasteiger partial charge in [0.1, 0.15) is 6.10 Å². The molecule has 2 aromatic heterocycles. The summed E-state index contributed by atoms with van der Waals surface area (Å²) in [4.78, 5) is 4.18. The molecule has 0 aromatic carbocycles. The van der Waals surface area contributed by atoms with E-state index >= 15 is 0 Å². The minimum atomic E-state index is -0.644. The summed E-state index contributed by atoms with van der Waals surface area (Å²) in [5.74, 6) is 0. The lowest BCUT2D eigenvalue weighted by atomic mass is 10.0. The highest BCUT2D eigenvalue weighted by molar-refractivity contribution is 5.29. The normalized spacial score (nSPS) is 12.6. The van der Waals surface area contributed by atoms with E-state index in [1.165, 1.54) is 0 Å². The van der Waals surface area contributed by atoms with Gasteiger partial charge in [-0.2, -0.15) is 5.10 Å². The smallest absolute Gasteiger partial charge is 0.109 e. The highest BCUT2D eigenvalue weighted by Gasteiger charge is 2.14. The zero-order valence-electron chi connectivity index (χ0n) is 10.2. The van der Waals surface area contributed by atoms with Crippen molar-refractivity contribution < 1.29 is 5.11 Å².